The molecule has 29 heavy (non-hydrogen) atoms. The Kier molecular flexibility index (Phi) is 4.10. The van der Waals surface area contributed by atoms with Gasteiger partial charge in [-0.05, 0) is 45.8 Å². The molecule has 0 aromatic heterocycles. The molecule has 1 N–H and O–H groups in total. The fourth-order valence-corrected chi connectivity index (χ4v) is 5.26. The van der Waals surface area contributed by atoms with Crippen LogP contribution in [0.1, 0.15) is 15.9 Å². The molecule has 3 heterocycles. The van der Waals surface area contributed by atoms with Gasteiger partial charge in [0.05, 0.1) is 29.5 Å². The van der Waals surface area contributed by atoms with Crippen LogP contribution in [0.4, 0.5) is 5.69 Å². The number of ketones is 1. The van der Waals surface area contributed by atoms with E-state index in [-0.39, 0.29) is 23.6 Å². The molecule has 0 radical (unpaired) electrons. The van der Waals surface area contributed by atoms with Crippen molar-refractivity contribution in [3.8, 4) is 5.75 Å². The molecule has 0 spiro atoms. The number of nitrogens with zero attached hydrogens (tertiary/aromatic N) is 1. The summed E-state index contributed by atoms with van der Waals surface area (Å²) in [7, 11) is 1.55. The second-order valence-corrected chi connectivity index (χ2v) is 8.23. The Labute approximate surface area is 175 Å². The van der Waals surface area contributed by atoms with E-state index in [4.69, 9.17) is 4.74 Å². The molecule has 5 rings (SSSR count). The lowest BCUT2D eigenvalue weighted by atomic mass is 9.86. The second kappa shape index (κ2) is 6.56. The fourth-order valence-electron chi connectivity index (χ4n) is 4.72. The van der Waals surface area contributed by atoms with Crippen LogP contribution >= 0.6 is 15.9 Å². The van der Waals surface area contributed by atoms with Gasteiger partial charge in [0.1, 0.15) is 11.8 Å². The molecule has 7 heteroatoms. The van der Waals surface area contributed by atoms with Crippen LogP contribution in [0.5, 0.6) is 5.75 Å². The van der Waals surface area contributed by atoms with Crippen molar-refractivity contribution in [2.45, 2.75) is 12.1 Å². The van der Waals surface area contributed by atoms with Crippen molar-refractivity contribution in [2.24, 2.45) is 11.8 Å². The van der Waals surface area contributed by atoms with Crippen molar-refractivity contribution in [2.75, 3.05) is 12.0 Å². The average molecular weight is 453 g/mol. The van der Waals surface area contributed by atoms with Gasteiger partial charge in [0.25, 0.3) is 0 Å². The third-order valence-corrected chi connectivity index (χ3v) is 6.58. The summed E-state index contributed by atoms with van der Waals surface area (Å²) >= 11 is 3.42. The number of halogens is 1. The van der Waals surface area contributed by atoms with E-state index in [1.165, 1.54) is 0 Å². The predicted octanol–water partition coefficient (Wildman–Crippen LogP) is 2.81. The minimum Gasteiger partial charge on any atom is -0.496 e. The number of imide groups is 1. The number of hydrogen-bond donors (Lipinski definition) is 1. The molecule has 4 atom stereocenters. The summed E-state index contributed by atoms with van der Waals surface area (Å²) in [5.74, 6) is -1.58. The monoisotopic (exact) mass is 452 g/mol. The van der Waals surface area contributed by atoms with Crippen molar-refractivity contribution in [1.82, 2.24) is 5.32 Å². The lowest BCUT2D eigenvalue weighted by Gasteiger charge is -2.35. The number of anilines is 1. The maximum absolute atomic E-state index is 13.6. The summed E-state index contributed by atoms with van der Waals surface area (Å²) < 4.78 is 5.91. The normalized spacial score (nSPS) is 26.6. The maximum Gasteiger partial charge on any atom is 0.233 e. The highest BCUT2D eigenvalue weighted by Crippen LogP contribution is 2.47. The molecule has 2 fully saturated rings. The molecule has 3 aliphatic heterocycles. The number of carbonyl (C=O) groups excluding carboxylic acids is 3. The van der Waals surface area contributed by atoms with Gasteiger partial charge in [-0.3, -0.25) is 19.7 Å². The van der Waals surface area contributed by atoms with Gasteiger partial charge < -0.3 is 9.64 Å². The Morgan fingerprint density at radius 1 is 1.10 bits per heavy atom. The molecule has 2 saturated heterocycles. The number of methoxy groups -OCH3 is 1. The van der Waals surface area contributed by atoms with E-state index in [1.807, 2.05) is 41.3 Å². The molecule has 0 bridgehead atoms. The number of benzene rings is 2. The molecule has 2 aromatic carbocycles. The van der Waals surface area contributed by atoms with Crippen LogP contribution in [0.2, 0.25) is 0 Å². The Hall–Kier alpha value is -2.93. The first-order chi connectivity index (χ1) is 14.0. The minimum atomic E-state index is -0.761. The van der Waals surface area contributed by atoms with E-state index in [1.54, 1.807) is 25.3 Å². The molecule has 0 aliphatic carbocycles. The third kappa shape index (κ3) is 2.57. The van der Waals surface area contributed by atoms with E-state index >= 15 is 0 Å². The second-order valence-electron chi connectivity index (χ2n) is 7.38. The zero-order chi connectivity index (χ0) is 20.3. The topological polar surface area (TPSA) is 75.7 Å². The van der Waals surface area contributed by atoms with Gasteiger partial charge in [-0.1, -0.05) is 30.4 Å². The number of nitrogens with one attached hydrogen (secondary N) is 1. The smallest absolute Gasteiger partial charge is 0.233 e. The van der Waals surface area contributed by atoms with Crippen molar-refractivity contribution in [3.05, 3.63) is 64.1 Å². The van der Waals surface area contributed by atoms with Crippen molar-refractivity contribution < 1.29 is 19.1 Å². The molecule has 146 valence electrons. The lowest BCUT2D eigenvalue weighted by molar-refractivity contribution is -0.126. The zero-order valence-corrected chi connectivity index (χ0v) is 17.0. The first-order valence-corrected chi connectivity index (χ1v) is 10.1. The molecule has 0 unspecified atom stereocenters. The molecule has 2 aromatic rings. The van der Waals surface area contributed by atoms with E-state index in [0.29, 0.717) is 15.8 Å². The number of fused-ring (bicyclic) bond motifs is 5. The zero-order valence-electron chi connectivity index (χ0n) is 15.5. The van der Waals surface area contributed by atoms with Gasteiger partial charge in [0.2, 0.25) is 11.8 Å². The highest BCUT2D eigenvalue weighted by molar-refractivity contribution is 9.10. The Bertz CT molecular complexity index is 1100. The van der Waals surface area contributed by atoms with Crippen LogP contribution in [-0.2, 0) is 9.59 Å². The average Bonchev–Trinajstić information content (AvgIpc) is 3.22. The first-order valence-electron chi connectivity index (χ1n) is 9.29. The summed E-state index contributed by atoms with van der Waals surface area (Å²) in [4.78, 5) is 40.8. The molecule has 0 saturated carbocycles. The number of rotatable bonds is 3. The van der Waals surface area contributed by atoms with Gasteiger partial charge >= 0.3 is 0 Å². The quantitative estimate of drug-likeness (QED) is 0.572. The maximum atomic E-state index is 13.6. The van der Waals surface area contributed by atoms with Crippen molar-refractivity contribution in [3.63, 3.8) is 0 Å². The van der Waals surface area contributed by atoms with Crippen molar-refractivity contribution in [1.29, 1.82) is 0 Å². The Morgan fingerprint density at radius 3 is 2.62 bits per heavy atom. The minimum absolute atomic E-state index is 0.194. The van der Waals surface area contributed by atoms with Gasteiger partial charge in [-0.15, -0.1) is 0 Å². The first kappa shape index (κ1) is 18.1. The largest absolute Gasteiger partial charge is 0.496 e. The van der Waals surface area contributed by atoms with Crippen LogP contribution in [0.15, 0.2) is 53.0 Å². The highest BCUT2D eigenvalue weighted by Gasteiger charge is 2.61. The van der Waals surface area contributed by atoms with E-state index in [2.05, 4.69) is 21.2 Å². The summed E-state index contributed by atoms with van der Waals surface area (Å²) in [5, 5.41) is 2.42. The summed E-state index contributed by atoms with van der Waals surface area (Å²) in [6.45, 7) is 0. The van der Waals surface area contributed by atoms with Gasteiger partial charge in [-0.25, -0.2) is 0 Å². The van der Waals surface area contributed by atoms with Gasteiger partial charge in [-0.2, -0.15) is 0 Å². The number of para-hydroxylation sites is 1. The number of amides is 2. The highest BCUT2D eigenvalue weighted by atomic mass is 79.9. The lowest BCUT2D eigenvalue weighted by Crippen LogP contribution is -2.47. The van der Waals surface area contributed by atoms with E-state index in [0.717, 1.165) is 11.3 Å². The molecule has 2 amide bonds. The predicted molar refractivity (Wildman–Crippen MR) is 111 cm³/mol. The number of Topliss-reactive ketones (excluding diaryl/α,β-unsaturated/α-hetero) is 1. The number of carbonyl (C=O) groups is 3. The SMILES string of the molecule is COc1ccc(C(=O)[C@@H]2[C@@H]3C(=O)NC(=O)[C@@H]3[C@H]3C=Cc4ccccc4N32)cc1Br. The fraction of sp³-hybridized carbons (Fsp3) is 0.227. The van der Waals surface area contributed by atoms with Crippen molar-refractivity contribution >= 4 is 45.3 Å². The summed E-state index contributed by atoms with van der Waals surface area (Å²) in [6, 6.07) is 11.7. The van der Waals surface area contributed by atoms with Crippen LogP contribution in [0.25, 0.3) is 6.08 Å². The van der Waals surface area contributed by atoms with Gasteiger partial charge in [0, 0.05) is 11.3 Å². The van der Waals surface area contributed by atoms with Crippen LogP contribution < -0.4 is 15.0 Å². The van der Waals surface area contributed by atoms with Crippen LogP contribution in [-0.4, -0.2) is 36.8 Å². The standard InChI is InChI=1S/C22H17BrN2O4/c1-29-16-9-7-12(10-13(16)23)20(26)19-18-17(21(27)24-22(18)28)15-8-6-11-4-2-3-5-14(11)25(15)19/h2-10,15,17-19H,1H3,(H,24,27,28)/t15-,17-,18-,19+/m1/s1. The number of hydrogen-bond acceptors (Lipinski definition) is 5. The molecule has 6 nitrogen and oxygen atoms in total. The Balaban J connectivity index is 1.64. The van der Waals surface area contributed by atoms with Crippen LogP contribution in [0.3, 0.4) is 0 Å². The van der Waals surface area contributed by atoms with E-state index in [9.17, 15) is 14.4 Å². The summed E-state index contributed by atoms with van der Waals surface area (Å²) in [5.41, 5.74) is 2.28. The molecule has 3 aliphatic rings. The van der Waals surface area contributed by atoms with E-state index < -0.39 is 17.9 Å². The third-order valence-electron chi connectivity index (χ3n) is 5.96. The molecular weight excluding hydrogens is 436 g/mol. The van der Waals surface area contributed by atoms with Crippen LogP contribution in [0, 0.1) is 11.8 Å². The molecular formula is C22H17BrN2O4. The van der Waals surface area contributed by atoms with Gasteiger partial charge in [0.15, 0.2) is 5.78 Å². The summed E-state index contributed by atoms with van der Waals surface area (Å²) in [6.07, 6.45) is 3.88. The Morgan fingerprint density at radius 2 is 1.86 bits per heavy atom. The number of ether oxygens (including phenoxy) is 1.